The number of hydrogen-bond acceptors (Lipinski definition) is 3. The largest absolute Gasteiger partial charge is 0.493 e. The lowest BCUT2D eigenvalue weighted by Crippen LogP contribution is -2.41. The van der Waals surface area contributed by atoms with E-state index in [0.29, 0.717) is 12.5 Å². The monoisotopic (exact) mass is 275 g/mol. The highest BCUT2D eigenvalue weighted by atomic mass is 16.5. The third kappa shape index (κ3) is 2.23. The number of methoxy groups -OCH3 is 2. The highest BCUT2D eigenvalue weighted by Gasteiger charge is 2.31. The number of benzene rings is 1. The van der Waals surface area contributed by atoms with Gasteiger partial charge in [0.25, 0.3) is 0 Å². The molecular weight excluding hydrogens is 254 g/mol. The van der Waals surface area contributed by atoms with Crippen molar-refractivity contribution >= 4 is 5.91 Å². The molecule has 4 nitrogen and oxygen atoms in total. The second-order valence-electron chi connectivity index (χ2n) is 5.61. The van der Waals surface area contributed by atoms with Crippen LogP contribution >= 0.6 is 0 Å². The van der Waals surface area contributed by atoms with Gasteiger partial charge < -0.3 is 14.4 Å². The molecule has 4 heteroatoms. The van der Waals surface area contributed by atoms with E-state index in [0.717, 1.165) is 37.3 Å². The molecule has 1 amide bonds. The number of carbonyl (C=O) groups is 1. The van der Waals surface area contributed by atoms with E-state index in [1.807, 2.05) is 17.0 Å². The van der Waals surface area contributed by atoms with E-state index >= 15 is 0 Å². The first kappa shape index (κ1) is 13.3. The molecule has 0 saturated heterocycles. The molecule has 1 aromatic rings. The summed E-state index contributed by atoms with van der Waals surface area (Å²) in [7, 11) is 3.30. The Morgan fingerprint density at radius 3 is 2.35 bits per heavy atom. The van der Waals surface area contributed by atoms with Crippen LogP contribution in [-0.4, -0.2) is 31.6 Å². The maximum Gasteiger partial charge on any atom is 0.225 e. The van der Waals surface area contributed by atoms with Crippen LogP contribution in [0.1, 0.15) is 30.4 Å². The van der Waals surface area contributed by atoms with Crippen LogP contribution < -0.4 is 9.47 Å². The van der Waals surface area contributed by atoms with E-state index in [-0.39, 0.29) is 5.92 Å². The van der Waals surface area contributed by atoms with Gasteiger partial charge in [-0.15, -0.1) is 0 Å². The predicted octanol–water partition coefficient (Wildman–Crippen LogP) is 2.39. The van der Waals surface area contributed by atoms with Crippen molar-refractivity contribution in [1.82, 2.24) is 4.90 Å². The fraction of sp³-hybridized carbons (Fsp3) is 0.562. The van der Waals surface area contributed by atoms with Gasteiger partial charge in [0, 0.05) is 19.0 Å². The van der Waals surface area contributed by atoms with E-state index in [4.69, 9.17) is 9.47 Å². The third-order valence-electron chi connectivity index (χ3n) is 4.48. The van der Waals surface area contributed by atoms with Gasteiger partial charge in [0.15, 0.2) is 11.5 Å². The van der Waals surface area contributed by atoms with Gasteiger partial charge in [-0.25, -0.2) is 0 Å². The van der Waals surface area contributed by atoms with Crippen molar-refractivity contribution in [1.29, 1.82) is 0 Å². The van der Waals surface area contributed by atoms with Crippen molar-refractivity contribution in [3.05, 3.63) is 23.3 Å². The summed E-state index contributed by atoms with van der Waals surface area (Å²) in [4.78, 5) is 14.3. The van der Waals surface area contributed by atoms with Crippen LogP contribution in [0.2, 0.25) is 0 Å². The Balaban J connectivity index is 1.81. The zero-order valence-electron chi connectivity index (χ0n) is 12.1. The van der Waals surface area contributed by atoms with E-state index in [1.165, 1.54) is 17.5 Å². The molecule has 0 aromatic heterocycles. The van der Waals surface area contributed by atoms with Crippen molar-refractivity contribution in [2.24, 2.45) is 5.92 Å². The molecule has 0 N–H and O–H groups in total. The first-order valence-corrected chi connectivity index (χ1v) is 7.25. The van der Waals surface area contributed by atoms with E-state index in [1.54, 1.807) is 14.2 Å². The molecule has 1 fully saturated rings. The summed E-state index contributed by atoms with van der Waals surface area (Å²) in [5, 5.41) is 0. The SMILES string of the molecule is COc1cc2c(cc1OC)CN(C(=O)C1CCC1)CC2. The predicted molar refractivity (Wildman–Crippen MR) is 76.0 cm³/mol. The molecule has 0 spiro atoms. The minimum absolute atomic E-state index is 0.275. The van der Waals surface area contributed by atoms with E-state index in [9.17, 15) is 4.79 Å². The van der Waals surface area contributed by atoms with Crippen molar-refractivity contribution in [3.63, 3.8) is 0 Å². The third-order valence-corrected chi connectivity index (χ3v) is 4.48. The molecule has 0 radical (unpaired) electrons. The zero-order chi connectivity index (χ0) is 14.1. The van der Waals surface area contributed by atoms with Gasteiger partial charge >= 0.3 is 0 Å². The molecule has 1 aromatic carbocycles. The van der Waals surface area contributed by atoms with Crippen molar-refractivity contribution < 1.29 is 14.3 Å². The molecule has 1 saturated carbocycles. The quantitative estimate of drug-likeness (QED) is 0.850. The summed E-state index contributed by atoms with van der Waals surface area (Å²) in [5.74, 6) is 2.11. The van der Waals surface area contributed by atoms with Crippen molar-refractivity contribution in [2.75, 3.05) is 20.8 Å². The lowest BCUT2D eigenvalue weighted by Gasteiger charge is -2.35. The molecular formula is C16H21NO3. The fourth-order valence-electron chi connectivity index (χ4n) is 2.98. The smallest absolute Gasteiger partial charge is 0.225 e. The molecule has 2 aliphatic rings. The zero-order valence-corrected chi connectivity index (χ0v) is 12.1. The van der Waals surface area contributed by atoms with Crippen LogP contribution in [0.4, 0.5) is 0 Å². The van der Waals surface area contributed by atoms with Crippen LogP contribution in [0, 0.1) is 5.92 Å². The summed E-state index contributed by atoms with van der Waals surface area (Å²) < 4.78 is 10.7. The Morgan fingerprint density at radius 1 is 1.15 bits per heavy atom. The van der Waals surface area contributed by atoms with Crippen LogP contribution in [-0.2, 0) is 17.8 Å². The summed E-state index contributed by atoms with van der Waals surface area (Å²) in [6, 6.07) is 4.05. The Morgan fingerprint density at radius 2 is 1.80 bits per heavy atom. The number of rotatable bonds is 3. The number of fused-ring (bicyclic) bond motifs is 1. The Labute approximate surface area is 119 Å². The molecule has 108 valence electrons. The standard InChI is InChI=1S/C16H21NO3/c1-19-14-8-12-6-7-17(16(18)11-4-3-5-11)10-13(12)9-15(14)20-2/h8-9,11H,3-7,10H2,1-2H3. The average Bonchev–Trinajstić information content (AvgIpc) is 2.43. The van der Waals surface area contributed by atoms with Crippen molar-refractivity contribution in [3.8, 4) is 11.5 Å². The lowest BCUT2D eigenvalue weighted by atomic mass is 9.83. The molecule has 0 atom stereocenters. The van der Waals surface area contributed by atoms with Crippen LogP contribution in [0.15, 0.2) is 12.1 Å². The summed E-state index contributed by atoms with van der Waals surface area (Å²) in [6.07, 6.45) is 4.22. The maximum atomic E-state index is 12.3. The van der Waals surface area contributed by atoms with Gasteiger partial charge in [0.05, 0.1) is 14.2 Å². The number of ether oxygens (including phenoxy) is 2. The first-order valence-electron chi connectivity index (χ1n) is 7.25. The average molecular weight is 275 g/mol. The Bertz CT molecular complexity index is 523. The normalized spacial score (nSPS) is 18.2. The summed E-state index contributed by atoms with van der Waals surface area (Å²) >= 11 is 0. The Hall–Kier alpha value is -1.71. The highest BCUT2D eigenvalue weighted by molar-refractivity contribution is 5.80. The molecule has 20 heavy (non-hydrogen) atoms. The second-order valence-corrected chi connectivity index (χ2v) is 5.61. The van der Waals surface area contributed by atoms with Crippen LogP contribution in [0.3, 0.4) is 0 Å². The molecule has 0 bridgehead atoms. The number of hydrogen-bond donors (Lipinski definition) is 0. The Kier molecular flexibility index (Phi) is 3.55. The van der Waals surface area contributed by atoms with Crippen molar-refractivity contribution in [2.45, 2.75) is 32.2 Å². The minimum atomic E-state index is 0.275. The molecule has 1 aliphatic heterocycles. The molecule has 0 unspecified atom stereocenters. The number of amides is 1. The number of carbonyl (C=O) groups excluding carboxylic acids is 1. The van der Waals surface area contributed by atoms with Gasteiger partial charge in [-0.2, -0.15) is 0 Å². The topological polar surface area (TPSA) is 38.8 Å². The van der Waals surface area contributed by atoms with Gasteiger partial charge in [0.2, 0.25) is 5.91 Å². The summed E-state index contributed by atoms with van der Waals surface area (Å²) in [5.41, 5.74) is 2.45. The van der Waals surface area contributed by atoms with Crippen LogP contribution in [0.25, 0.3) is 0 Å². The molecule has 1 aliphatic carbocycles. The lowest BCUT2D eigenvalue weighted by molar-refractivity contribution is -0.139. The number of nitrogens with zero attached hydrogens (tertiary/aromatic N) is 1. The highest BCUT2D eigenvalue weighted by Crippen LogP contribution is 2.35. The fourth-order valence-corrected chi connectivity index (χ4v) is 2.98. The van der Waals surface area contributed by atoms with Gasteiger partial charge in [-0.3, -0.25) is 4.79 Å². The summed E-state index contributed by atoms with van der Waals surface area (Å²) in [6.45, 7) is 1.52. The first-order chi connectivity index (χ1) is 9.72. The molecule has 1 heterocycles. The van der Waals surface area contributed by atoms with Gasteiger partial charge in [0.1, 0.15) is 0 Å². The van der Waals surface area contributed by atoms with E-state index in [2.05, 4.69) is 0 Å². The van der Waals surface area contributed by atoms with Gasteiger partial charge in [-0.1, -0.05) is 6.42 Å². The van der Waals surface area contributed by atoms with Gasteiger partial charge in [-0.05, 0) is 42.5 Å². The maximum absolute atomic E-state index is 12.3. The molecule has 3 rings (SSSR count). The van der Waals surface area contributed by atoms with Crippen LogP contribution in [0.5, 0.6) is 11.5 Å². The minimum Gasteiger partial charge on any atom is -0.493 e. The van der Waals surface area contributed by atoms with E-state index < -0.39 is 0 Å². The second kappa shape index (κ2) is 5.35.